The molecule has 61 heavy (non-hydrogen) atoms. The van der Waals surface area contributed by atoms with E-state index in [1.54, 1.807) is 30.3 Å². The number of methoxy groups -OCH3 is 5. The van der Waals surface area contributed by atoms with Gasteiger partial charge in [-0.25, -0.2) is 9.59 Å². The number of phenols is 1. The standard InChI is InChI=1S/C42H48O19/c1-51-26-16-22(8-9-25(26)44)38-29(17-43)58-39-23(12-20(14-27(39)52-2)6-10-32(45)56-18-30-34(47)36(49)41(54-4)59-30)24-13-21(15-28(53-3)40(24)61-38)7-11-33(46)57-19-31-35(48)37(50)42(55-5)60-31/h6-16,29-31,34-38,41-44,47-50H,17-19H2,1-5H3/b10-6+,11-7+/t29?,30-,31-,34-,35-,36+,37+,38?,41+,42+/m0/s1. The molecule has 6 rings (SSSR count). The molecule has 0 amide bonds. The second kappa shape index (κ2) is 19.9. The highest BCUT2D eigenvalue weighted by atomic mass is 16.7. The number of carbonyl (C=O) groups excluding carboxylic acids is 2. The van der Waals surface area contributed by atoms with Gasteiger partial charge in [0.1, 0.15) is 49.8 Å². The molecule has 0 spiro atoms. The summed E-state index contributed by atoms with van der Waals surface area (Å²) in [5.41, 5.74) is 1.98. The van der Waals surface area contributed by atoms with Gasteiger partial charge in [0.05, 0.1) is 27.9 Å². The molecule has 2 fully saturated rings. The molecule has 0 saturated carbocycles. The minimum Gasteiger partial charge on any atom is -0.504 e. The molecule has 6 N–H and O–H groups in total. The zero-order chi connectivity index (χ0) is 44.0. The Balaban J connectivity index is 1.36. The van der Waals surface area contributed by atoms with Crippen LogP contribution in [0, 0.1) is 0 Å². The molecule has 3 aliphatic rings. The lowest BCUT2D eigenvalue weighted by Gasteiger charge is -2.33. The molecule has 330 valence electrons. The number of phenolic OH excluding ortho intramolecular Hbond substituents is 1. The van der Waals surface area contributed by atoms with Gasteiger partial charge in [-0.3, -0.25) is 0 Å². The van der Waals surface area contributed by atoms with Crippen molar-refractivity contribution in [1.29, 1.82) is 0 Å². The van der Waals surface area contributed by atoms with Crippen LogP contribution in [0.15, 0.2) is 54.6 Å². The van der Waals surface area contributed by atoms with Crippen LogP contribution in [0.4, 0.5) is 0 Å². The molecule has 19 heteroatoms. The number of benzene rings is 3. The molecule has 0 radical (unpaired) electrons. The molecule has 2 saturated heterocycles. The third kappa shape index (κ3) is 9.86. The summed E-state index contributed by atoms with van der Waals surface area (Å²) in [6.45, 7) is -1.30. The molecular formula is C42H48O19. The fourth-order valence-corrected chi connectivity index (χ4v) is 6.94. The van der Waals surface area contributed by atoms with Gasteiger partial charge < -0.3 is 82.7 Å². The first kappa shape index (κ1) is 45.1. The third-order valence-electron chi connectivity index (χ3n) is 10.2. The fourth-order valence-electron chi connectivity index (χ4n) is 6.94. The van der Waals surface area contributed by atoms with E-state index in [-0.39, 0.29) is 47.7 Å². The first-order valence-corrected chi connectivity index (χ1v) is 18.9. The predicted octanol–water partition coefficient (Wildman–Crippen LogP) is 1.26. The van der Waals surface area contributed by atoms with Gasteiger partial charge in [0, 0.05) is 43.1 Å². The summed E-state index contributed by atoms with van der Waals surface area (Å²) in [7, 11) is 6.80. The Hall–Kier alpha value is -5.48. The monoisotopic (exact) mass is 856 g/mol. The lowest BCUT2D eigenvalue weighted by atomic mass is 9.95. The summed E-state index contributed by atoms with van der Waals surface area (Å²) in [5.74, 6) is -0.878. The summed E-state index contributed by atoms with van der Waals surface area (Å²) >= 11 is 0. The predicted molar refractivity (Wildman–Crippen MR) is 210 cm³/mol. The zero-order valence-corrected chi connectivity index (χ0v) is 33.7. The van der Waals surface area contributed by atoms with Crippen molar-refractivity contribution in [3.05, 3.63) is 71.3 Å². The first-order chi connectivity index (χ1) is 29.3. The Bertz CT molecular complexity index is 2090. The summed E-state index contributed by atoms with van der Waals surface area (Å²) in [4.78, 5) is 25.7. The van der Waals surface area contributed by atoms with E-state index in [1.165, 1.54) is 59.8 Å². The summed E-state index contributed by atoms with van der Waals surface area (Å²) < 4.78 is 61.5. The van der Waals surface area contributed by atoms with Gasteiger partial charge in [0.25, 0.3) is 0 Å². The van der Waals surface area contributed by atoms with Crippen molar-refractivity contribution >= 4 is 24.1 Å². The molecule has 0 bridgehead atoms. The number of aromatic hydroxyl groups is 1. The van der Waals surface area contributed by atoms with Crippen LogP contribution in [0.5, 0.6) is 34.5 Å². The Morgan fingerprint density at radius 1 is 0.623 bits per heavy atom. The molecule has 19 nitrogen and oxygen atoms in total. The molecular weight excluding hydrogens is 808 g/mol. The van der Waals surface area contributed by atoms with Crippen LogP contribution < -0.4 is 23.7 Å². The van der Waals surface area contributed by atoms with Gasteiger partial charge in [-0.15, -0.1) is 0 Å². The second-order valence-electron chi connectivity index (χ2n) is 14.0. The van der Waals surface area contributed by atoms with Crippen molar-refractivity contribution in [1.82, 2.24) is 0 Å². The third-order valence-corrected chi connectivity index (χ3v) is 10.2. The molecule has 3 aromatic rings. The van der Waals surface area contributed by atoms with Crippen molar-refractivity contribution in [2.45, 2.75) is 61.4 Å². The van der Waals surface area contributed by atoms with Crippen LogP contribution in [0.2, 0.25) is 0 Å². The van der Waals surface area contributed by atoms with Gasteiger partial charge in [-0.1, -0.05) is 6.07 Å². The Labute approximate surface area is 349 Å². The largest absolute Gasteiger partial charge is 0.504 e. The summed E-state index contributed by atoms with van der Waals surface area (Å²) in [6.07, 6.45) is -6.54. The number of hydrogen-bond acceptors (Lipinski definition) is 19. The molecule has 10 atom stereocenters. The normalized spacial score (nSPS) is 27.0. The Morgan fingerprint density at radius 2 is 1.10 bits per heavy atom. The van der Waals surface area contributed by atoms with Gasteiger partial charge in [0.15, 0.2) is 59.3 Å². The number of fused-ring (bicyclic) bond motifs is 3. The van der Waals surface area contributed by atoms with E-state index in [2.05, 4.69) is 0 Å². The molecule has 0 aromatic heterocycles. The number of esters is 2. The van der Waals surface area contributed by atoms with Gasteiger partial charge >= 0.3 is 11.9 Å². The van der Waals surface area contributed by atoms with Crippen LogP contribution in [-0.2, 0) is 38.0 Å². The van der Waals surface area contributed by atoms with E-state index in [0.717, 1.165) is 12.2 Å². The Morgan fingerprint density at radius 3 is 1.52 bits per heavy atom. The van der Waals surface area contributed by atoms with E-state index < -0.39 is 80.0 Å². The molecule has 0 aliphatic carbocycles. The number of aliphatic hydroxyl groups is 5. The number of aliphatic hydroxyl groups excluding tert-OH is 5. The highest BCUT2D eigenvalue weighted by Crippen LogP contribution is 2.51. The van der Waals surface area contributed by atoms with Crippen molar-refractivity contribution in [2.24, 2.45) is 0 Å². The van der Waals surface area contributed by atoms with Gasteiger partial charge in [-0.2, -0.15) is 0 Å². The smallest absolute Gasteiger partial charge is 0.330 e. The van der Waals surface area contributed by atoms with Gasteiger partial charge in [0.2, 0.25) is 0 Å². The fraction of sp³-hybridized carbons (Fsp3) is 0.429. The van der Waals surface area contributed by atoms with E-state index in [4.69, 9.17) is 52.1 Å². The van der Waals surface area contributed by atoms with Crippen molar-refractivity contribution < 1.29 is 92.3 Å². The summed E-state index contributed by atoms with van der Waals surface area (Å²) in [5, 5.41) is 61.7. The van der Waals surface area contributed by atoms with Crippen LogP contribution in [0.25, 0.3) is 23.3 Å². The second-order valence-corrected chi connectivity index (χ2v) is 14.0. The minimum absolute atomic E-state index is 0.130. The maximum atomic E-state index is 12.9. The molecule has 2 unspecified atom stereocenters. The van der Waals surface area contributed by atoms with Crippen LogP contribution >= 0.6 is 0 Å². The van der Waals surface area contributed by atoms with Crippen molar-refractivity contribution in [3.63, 3.8) is 0 Å². The minimum atomic E-state index is -1.35. The highest BCUT2D eigenvalue weighted by molar-refractivity contribution is 5.91. The lowest BCUT2D eigenvalue weighted by Crippen LogP contribution is -2.35. The highest BCUT2D eigenvalue weighted by Gasteiger charge is 2.44. The van der Waals surface area contributed by atoms with E-state index >= 15 is 0 Å². The number of hydrogen-bond donors (Lipinski definition) is 6. The zero-order valence-electron chi connectivity index (χ0n) is 33.7. The summed E-state index contributed by atoms with van der Waals surface area (Å²) in [6, 6.07) is 11.0. The average Bonchev–Trinajstić information content (AvgIpc) is 3.71. The van der Waals surface area contributed by atoms with E-state index in [0.29, 0.717) is 27.8 Å². The maximum absolute atomic E-state index is 12.9. The lowest BCUT2D eigenvalue weighted by molar-refractivity contribution is -0.162. The van der Waals surface area contributed by atoms with Crippen LogP contribution in [-0.4, -0.2) is 153 Å². The Kier molecular flexibility index (Phi) is 14.7. The van der Waals surface area contributed by atoms with E-state index in [9.17, 15) is 40.2 Å². The molecule has 3 aromatic carbocycles. The first-order valence-electron chi connectivity index (χ1n) is 18.9. The topological polar surface area (TPSA) is 257 Å². The van der Waals surface area contributed by atoms with Gasteiger partial charge in [-0.05, 0) is 59.7 Å². The maximum Gasteiger partial charge on any atom is 0.330 e. The molecule has 3 aliphatic heterocycles. The quantitative estimate of drug-likeness (QED) is 0.0929. The van der Waals surface area contributed by atoms with Crippen LogP contribution in [0.3, 0.4) is 0 Å². The number of rotatable bonds is 15. The van der Waals surface area contributed by atoms with Crippen LogP contribution in [0.1, 0.15) is 22.8 Å². The average molecular weight is 857 g/mol. The number of carbonyl (C=O) groups is 2. The van der Waals surface area contributed by atoms with E-state index in [1.807, 2.05) is 0 Å². The number of ether oxygens (including phenoxy) is 11. The molecule has 3 heterocycles. The van der Waals surface area contributed by atoms with Crippen molar-refractivity contribution in [3.8, 4) is 45.6 Å². The SMILES string of the molecule is COc1cc(C2Oc3c(OC)cc(/C=C/C(=O)OC[C@@H]4O[C@@H](OC)[C@H](O)[C@H]4O)cc3-c3cc(/C=C/C(=O)OC[C@@H]4O[C@@H](OC)[C@H](O)[C@H]4O)cc(OC)c3OC2CO)ccc1O. The van der Waals surface area contributed by atoms with Crippen molar-refractivity contribution in [2.75, 3.05) is 55.4 Å².